The Morgan fingerprint density at radius 2 is 1.36 bits per heavy atom. The molecule has 0 radical (unpaired) electrons. The van der Waals surface area contributed by atoms with Crippen LogP contribution < -0.4 is 0 Å². The Labute approximate surface area is 90.8 Å². The lowest BCUT2D eigenvalue weighted by atomic mass is 10.3. The third-order valence-corrected chi connectivity index (χ3v) is 4.15. The molecule has 3 heteroatoms. The zero-order valence-corrected chi connectivity index (χ0v) is 11.2. The maximum atomic E-state index is 5.76. The first kappa shape index (κ1) is 14.1. The van der Waals surface area contributed by atoms with E-state index in [4.69, 9.17) is 8.85 Å². The standard InChI is InChI=1S/C11H26O2Si/c1-4-7-8-11-14(12-9-5-2)13-10-6-3/h14H,4-11H2,1-3H3. The lowest BCUT2D eigenvalue weighted by molar-refractivity contribution is 0.195. The fourth-order valence-electron chi connectivity index (χ4n) is 1.27. The van der Waals surface area contributed by atoms with Gasteiger partial charge in [0.25, 0.3) is 0 Å². The lowest BCUT2D eigenvalue weighted by Gasteiger charge is -2.15. The van der Waals surface area contributed by atoms with Gasteiger partial charge in [-0.15, -0.1) is 0 Å². The zero-order valence-electron chi connectivity index (χ0n) is 10.1. The molecule has 0 N–H and O–H groups in total. The van der Waals surface area contributed by atoms with E-state index in [9.17, 15) is 0 Å². The summed E-state index contributed by atoms with van der Waals surface area (Å²) in [5.74, 6) is 0. The summed E-state index contributed by atoms with van der Waals surface area (Å²) in [5, 5.41) is 0. The summed E-state index contributed by atoms with van der Waals surface area (Å²) in [6, 6.07) is 1.19. The van der Waals surface area contributed by atoms with Crippen molar-refractivity contribution in [3.05, 3.63) is 0 Å². The van der Waals surface area contributed by atoms with E-state index >= 15 is 0 Å². The number of hydrogen-bond acceptors (Lipinski definition) is 2. The van der Waals surface area contributed by atoms with E-state index in [0.717, 1.165) is 26.1 Å². The minimum Gasteiger partial charge on any atom is -0.397 e. The highest BCUT2D eigenvalue weighted by molar-refractivity contribution is 6.44. The van der Waals surface area contributed by atoms with E-state index in [-0.39, 0.29) is 0 Å². The van der Waals surface area contributed by atoms with Gasteiger partial charge in [0.2, 0.25) is 0 Å². The SMILES string of the molecule is CCCCC[SiH](OCCC)OCCC. The lowest BCUT2D eigenvalue weighted by Crippen LogP contribution is -2.23. The Hall–Kier alpha value is 0.137. The van der Waals surface area contributed by atoms with Gasteiger partial charge in [0.1, 0.15) is 0 Å². The second kappa shape index (κ2) is 11.2. The molecule has 0 spiro atoms. The molecule has 0 rings (SSSR count). The molecule has 0 unspecified atom stereocenters. The first-order valence-electron chi connectivity index (χ1n) is 6.08. The third-order valence-electron chi connectivity index (χ3n) is 2.06. The predicted molar refractivity (Wildman–Crippen MR) is 64.0 cm³/mol. The van der Waals surface area contributed by atoms with Crippen LogP contribution in [-0.2, 0) is 8.85 Å². The molecule has 0 aliphatic carbocycles. The first-order valence-corrected chi connectivity index (χ1v) is 7.84. The molecule has 0 aromatic rings. The molecule has 0 aliphatic heterocycles. The summed E-state index contributed by atoms with van der Waals surface area (Å²) in [6.07, 6.45) is 6.08. The summed E-state index contributed by atoms with van der Waals surface area (Å²) in [5.41, 5.74) is 0. The number of hydrogen-bond donors (Lipinski definition) is 0. The minimum atomic E-state index is -1.30. The molecule has 2 nitrogen and oxygen atoms in total. The Morgan fingerprint density at radius 1 is 0.786 bits per heavy atom. The van der Waals surface area contributed by atoms with Crippen molar-refractivity contribution in [1.29, 1.82) is 0 Å². The van der Waals surface area contributed by atoms with Gasteiger partial charge < -0.3 is 8.85 Å². The highest BCUT2D eigenvalue weighted by Gasteiger charge is 2.11. The molecule has 0 saturated heterocycles. The molecule has 14 heavy (non-hydrogen) atoms. The van der Waals surface area contributed by atoms with Crippen LogP contribution in [0, 0.1) is 0 Å². The van der Waals surface area contributed by atoms with Crippen LogP contribution in [0.3, 0.4) is 0 Å². The van der Waals surface area contributed by atoms with Crippen LogP contribution in [0.4, 0.5) is 0 Å². The van der Waals surface area contributed by atoms with Crippen LogP contribution in [0.2, 0.25) is 6.04 Å². The molecule has 0 saturated carbocycles. The molecule has 0 aliphatic rings. The smallest absolute Gasteiger partial charge is 0.321 e. The highest BCUT2D eigenvalue weighted by atomic mass is 28.3. The fourth-order valence-corrected chi connectivity index (χ4v) is 3.32. The average Bonchev–Trinajstić information content (AvgIpc) is 2.21. The van der Waals surface area contributed by atoms with Crippen molar-refractivity contribution in [3.8, 4) is 0 Å². The molecule has 0 aromatic heterocycles. The molecule has 0 heterocycles. The molecule has 86 valence electrons. The van der Waals surface area contributed by atoms with Gasteiger partial charge >= 0.3 is 9.28 Å². The number of rotatable bonds is 10. The van der Waals surface area contributed by atoms with Gasteiger partial charge in [-0.25, -0.2) is 0 Å². The Kier molecular flexibility index (Phi) is 11.3. The largest absolute Gasteiger partial charge is 0.397 e. The van der Waals surface area contributed by atoms with E-state index in [0.29, 0.717) is 0 Å². The van der Waals surface area contributed by atoms with E-state index in [1.54, 1.807) is 0 Å². The molecule has 0 fully saturated rings. The summed E-state index contributed by atoms with van der Waals surface area (Å²) < 4.78 is 11.5. The van der Waals surface area contributed by atoms with Crippen LogP contribution in [0.15, 0.2) is 0 Å². The van der Waals surface area contributed by atoms with Crippen LogP contribution in [-0.4, -0.2) is 22.5 Å². The topological polar surface area (TPSA) is 18.5 Å². The zero-order chi connectivity index (χ0) is 10.6. The van der Waals surface area contributed by atoms with Crippen molar-refractivity contribution in [1.82, 2.24) is 0 Å². The Morgan fingerprint density at radius 3 is 1.79 bits per heavy atom. The minimum absolute atomic E-state index is 0.882. The molecular formula is C11H26O2Si. The maximum Gasteiger partial charge on any atom is 0.321 e. The van der Waals surface area contributed by atoms with Crippen molar-refractivity contribution < 1.29 is 8.85 Å². The first-order chi connectivity index (χ1) is 6.85. The number of unbranched alkanes of at least 4 members (excludes halogenated alkanes) is 2. The Bertz CT molecular complexity index is 101. The molecule has 0 aromatic carbocycles. The third kappa shape index (κ3) is 8.72. The average molecular weight is 218 g/mol. The van der Waals surface area contributed by atoms with Crippen molar-refractivity contribution >= 4 is 9.28 Å². The molecule has 0 atom stereocenters. The molecule has 0 bridgehead atoms. The summed E-state index contributed by atoms with van der Waals surface area (Å²) in [7, 11) is -1.30. The van der Waals surface area contributed by atoms with E-state index in [1.807, 2.05) is 0 Å². The van der Waals surface area contributed by atoms with Gasteiger partial charge in [0.15, 0.2) is 0 Å². The quantitative estimate of drug-likeness (QED) is 0.414. The fraction of sp³-hybridized carbons (Fsp3) is 1.00. The van der Waals surface area contributed by atoms with Gasteiger partial charge in [0.05, 0.1) is 0 Å². The highest BCUT2D eigenvalue weighted by Crippen LogP contribution is 2.07. The van der Waals surface area contributed by atoms with Crippen LogP contribution in [0.5, 0.6) is 0 Å². The molecular weight excluding hydrogens is 192 g/mol. The summed E-state index contributed by atoms with van der Waals surface area (Å²) in [4.78, 5) is 0. The van der Waals surface area contributed by atoms with Gasteiger partial charge in [0, 0.05) is 13.2 Å². The molecule has 0 amide bonds. The normalized spacial score (nSPS) is 11.1. The van der Waals surface area contributed by atoms with E-state index < -0.39 is 9.28 Å². The van der Waals surface area contributed by atoms with Gasteiger partial charge in [-0.3, -0.25) is 0 Å². The van der Waals surface area contributed by atoms with E-state index in [2.05, 4.69) is 20.8 Å². The summed E-state index contributed by atoms with van der Waals surface area (Å²) in [6.45, 7) is 8.30. The summed E-state index contributed by atoms with van der Waals surface area (Å²) >= 11 is 0. The second-order valence-corrected chi connectivity index (χ2v) is 5.77. The maximum absolute atomic E-state index is 5.76. The van der Waals surface area contributed by atoms with Crippen molar-refractivity contribution in [2.24, 2.45) is 0 Å². The van der Waals surface area contributed by atoms with Crippen molar-refractivity contribution in [2.45, 2.75) is 58.9 Å². The second-order valence-electron chi connectivity index (χ2n) is 3.67. The van der Waals surface area contributed by atoms with Crippen molar-refractivity contribution in [3.63, 3.8) is 0 Å². The van der Waals surface area contributed by atoms with E-state index in [1.165, 1.54) is 25.3 Å². The van der Waals surface area contributed by atoms with Crippen LogP contribution in [0.25, 0.3) is 0 Å². The van der Waals surface area contributed by atoms with Crippen LogP contribution >= 0.6 is 0 Å². The van der Waals surface area contributed by atoms with Crippen LogP contribution in [0.1, 0.15) is 52.9 Å². The predicted octanol–water partition coefficient (Wildman–Crippen LogP) is 3.25. The van der Waals surface area contributed by atoms with Crippen molar-refractivity contribution in [2.75, 3.05) is 13.2 Å². The van der Waals surface area contributed by atoms with Gasteiger partial charge in [-0.1, -0.05) is 40.0 Å². The monoisotopic (exact) mass is 218 g/mol. The Balaban J connectivity index is 3.49. The van der Waals surface area contributed by atoms with Gasteiger partial charge in [-0.05, 0) is 18.9 Å². The van der Waals surface area contributed by atoms with Gasteiger partial charge in [-0.2, -0.15) is 0 Å².